The van der Waals surface area contributed by atoms with Crippen LogP contribution in [0.5, 0.6) is 0 Å². The minimum atomic E-state index is -4.71. The number of carbonyl (C=O) groups is 3. The van der Waals surface area contributed by atoms with Crippen molar-refractivity contribution >= 4 is 41.1 Å². The van der Waals surface area contributed by atoms with Gasteiger partial charge >= 0.3 is 18.4 Å². The van der Waals surface area contributed by atoms with E-state index < -0.39 is 41.5 Å². The van der Waals surface area contributed by atoms with Crippen LogP contribution in [0.15, 0.2) is 36.4 Å². The third-order valence-electron chi connectivity index (χ3n) is 10.8. The summed E-state index contributed by atoms with van der Waals surface area (Å²) in [6.07, 6.45) is -3.77. The van der Waals surface area contributed by atoms with Crippen molar-refractivity contribution in [3.8, 4) is 0 Å². The van der Waals surface area contributed by atoms with Crippen molar-refractivity contribution in [3.05, 3.63) is 58.1 Å². The number of fused-ring (bicyclic) bond motifs is 2. The second-order valence-corrected chi connectivity index (χ2v) is 14.2. The van der Waals surface area contributed by atoms with E-state index in [0.29, 0.717) is 56.7 Å². The molecule has 278 valence electrons. The van der Waals surface area contributed by atoms with E-state index >= 15 is 0 Å². The SMILES string of the molecule is CCCC1CCNCC1N1CCN(C(=O)[C@@H](Cc2cc(Cl)c(NC)c(C(F)(F)F)c2)OC(=O)N2CCC3(CC2)OC(=O)Nc2ccccc23)CC1. The maximum atomic E-state index is 14.1. The molecule has 11 nitrogen and oxygen atoms in total. The van der Waals surface area contributed by atoms with Crippen LogP contribution in [0, 0.1) is 5.92 Å². The molecule has 0 bridgehead atoms. The van der Waals surface area contributed by atoms with Crippen LogP contribution in [0.2, 0.25) is 5.02 Å². The van der Waals surface area contributed by atoms with Crippen molar-refractivity contribution in [3.63, 3.8) is 0 Å². The highest BCUT2D eigenvalue weighted by Gasteiger charge is 2.46. The van der Waals surface area contributed by atoms with Crippen LogP contribution >= 0.6 is 11.6 Å². The molecule has 3 amide bonds. The summed E-state index contributed by atoms with van der Waals surface area (Å²) in [5.41, 5.74) is -0.587. The molecule has 3 fully saturated rings. The number of rotatable bonds is 8. The predicted octanol–water partition coefficient (Wildman–Crippen LogP) is 5.92. The molecule has 3 atom stereocenters. The summed E-state index contributed by atoms with van der Waals surface area (Å²) in [5.74, 6) is 0.109. The van der Waals surface area contributed by atoms with Gasteiger partial charge < -0.3 is 29.9 Å². The number of piperazine rings is 1. The van der Waals surface area contributed by atoms with Crippen molar-refractivity contribution in [1.82, 2.24) is 20.0 Å². The smallest absolute Gasteiger partial charge is 0.418 e. The number of nitrogens with zero attached hydrogens (tertiary/aromatic N) is 3. The number of alkyl halides is 3. The lowest BCUT2D eigenvalue weighted by molar-refractivity contribution is -0.143. The number of anilines is 2. The summed E-state index contributed by atoms with van der Waals surface area (Å²) in [6.45, 7) is 6.52. The first-order chi connectivity index (χ1) is 24.4. The van der Waals surface area contributed by atoms with E-state index in [4.69, 9.17) is 21.1 Å². The molecule has 0 saturated carbocycles. The molecule has 0 aliphatic carbocycles. The normalized spacial score (nSPS) is 22.8. The Kier molecular flexibility index (Phi) is 11.2. The summed E-state index contributed by atoms with van der Waals surface area (Å²) in [7, 11) is 1.35. The first kappa shape index (κ1) is 37.0. The Balaban J connectivity index is 1.19. The van der Waals surface area contributed by atoms with Crippen molar-refractivity contribution in [1.29, 1.82) is 0 Å². The average Bonchev–Trinajstić information content (AvgIpc) is 3.11. The molecular formula is C36H46ClF3N6O5. The molecule has 0 aromatic heterocycles. The van der Waals surface area contributed by atoms with Gasteiger partial charge in [-0.15, -0.1) is 0 Å². The minimum absolute atomic E-state index is 0.114. The maximum Gasteiger partial charge on any atom is 0.418 e. The first-order valence-corrected chi connectivity index (χ1v) is 18.2. The second kappa shape index (κ2) is 15.5. The summed E-state index contributed by atoms with van der Waals surface area (Å²) in [5, 5.41) is 8.57. The minimum Gasteiger partial charge on any atom is -0.438 e. The Hall–Kier alpha value is -3.75. The second-order valence-electron chi connectivity index (χ2n) is 13.8. The van der Waals surface area contributed by atoms with Crippen LogP contribution < -0.4 is 16.0 Å². The molecule has 3 N–H and O–H groups in total. The molecule has 4 aliphatic heterocycles. The quantitative estimate of drug-likeness (QED) is 0.306. The van der Waals surface area contributed by atoms with Crippen LogP contribution in [-0.2, 0) is 32.5 Å². The van der Waals surface area contributed by atoms with Crippen LogP contribution in [0.1, 0.15) is 55.7 Å². The lowest BCUT2D eigenvalue weighted by Crippen LogP contribution is -2.59. The number of amides is 3. The molecule has 2 unspecified atom stereocenters. The molecule has 6 rings (SSSR count). The molecule has 15 heteroatoms. The predicted molar refractivity (Wildman–Crippen MR) is 187 cm³/mol. The highest BCUT2D eigenvalue weighted by Crippen LogP contribution is 2.44. The van der Waals surface area contributed by atoms with E-state index in [-0.39, 0.29) is 35.8 Å². The van der Waals surface area contributed by atoms with Gasteiger partial charge in [-0.25, -0.2) is 9.59 Å². The molecule has 2 aromatic carbocycles. The summed E-state index contributed by atoms with van der Waals surface area (Å²) in [6, 6.07) is 10.0. The van der Waals surface area contributed by atoms with Gasteiger partial charge in [-0.3, -0.25) is 15.0 Å². The van der Waals surface area contributed by atoms with E-state index in [2.05, 4.69) is 27.8 Å². The Bertz CT molecular complexity index is 1590. The zero-order valence-corrected chi connectivity index (χ0v) is 29.7. The fourth-order valence-electron chi connectivity index (χ4n) is 8.14. The van der Waals surface area contributed by atoms with Gasteiger partial charge in [0.2, 0.25) is 0 Å². The van der Waals surface area contributed by atoms with Crippen LogP contribution in [0.3, 0.4) is 0 Å². The number of piperidine rings is 2. The lowest BCUT2D eigenvalue weighted by Gasteiger charge is -2.45. The first-order valence-electron chi connectivity index (χ1n) is 17.8. The molecule has 2 aromatic rings. The lowest BCUT2D eigenvalue weighted by atomic mass is 9.82. The third kappa shape index (κ3) is 8.02. The zero-order chi connectivity index (χ0) is 36.3. The number of hydrogen-bond acceptors (Lipinski definition) is 8. The van der Waals surface area contributed by atoms with Gasteiger partial charge in [0.15, 0.2) is 6.10 Å². The van der Waals surface area contributed by atoms with E-state index in [1.54, 1.807) is 11.0 Å². The molecule has 51 heavy (non-hydrogen) atoms. The largest absolute Gasteiger partial charge is 0.438 e. The number of para-hydroxylation sites is 1. The highest BCUT2D eigenvalue weighted by atomic mass is 35.5. The fraction of sp³-hybridized carbons (Fsp3) is 0.583. The Morgan fingerprint density at radius 1 is 1.10 bits per heavy atom. The standard InChI is InChI=1S/C36H46ClF3N6O5/c1-3-6-24-9-12-42-22-29(24)44-15-17-45(18-16-44)32(47)30(21-23-19-26(36(38,39)40)31(41-2)27(37)20-23)50-34(49)46-13-10-35(11-14-46)25-7-4-5-8-28(25)43-33(48)51-35/h4-5,7-8,19-20,24,29-30,41-42H,3,6,9-18,21-22H2,1-2H3,(H,43,48)/t24?,29?,30-/m1/s1. The topological polar surface area (TPSA) is 115 Å². The van der Waals surface area contributed by atoms with Crippen molar-refractivity contribution in [2.24, 2.45) is 5.92 Å². The van der Waals surface area contributed by atoms with Gasteiger partial charge in [0.05, 0.1) is 22.0 Å². The van der Waals surface area contributed by atoms with Gasteiger partial charge in [0.1, 0.15) is 5.60 Å². The Labute approximate surface area is 301 Å². The molecule has 0 radical (unpaired) electrons. The number of halogens is 4. The number of nitrogens with one attached hydrogen (secondary N) is 3. The number of likely N-dealkylation sites (tertiary alicyclic amines) is 1. The Morgan fingerprint density at radius 2 is 1.82 bits per heavy atom. The Morgan fingerprint density at radius 3 is 2.51 bits per heavy atom. The van der Waals surface area contributed by atoms with E-state index in [0.717, 1.165) is 44.0 Å². The van der Waals surface area contributed by atoms with E-state index in [1.807, 2.05) is 18.2 Å². The number of carbonyl (C=O) groups excluding carboxylic acids is 3. The van der Waals surface area contributed by atoms with Gasteiger partial charge in [-0.2, -0.15) is 13.2 Å². The van der Waals surface area contributed by atoms with Crippen molar-refractivity contribution in [2.75, 3.05) is 70.0 Å². The van der Waals surface area contributed by atoms with Gasteiger partial charge in [0, 0.05) is 83.7 Å². The summed E-state index contributed by atoms with van der Waals surface area (Å²) < 4.78 is 53.9. The fourth-order valence-corrected chi connectivity index (χ4v) is 8.47. The molecule has 4 heterocycles. The van der Waals surface area contributed by atoms with Crippen molar-refractivity contribution < 1.29 is 37.0 Å². The summed E-state index contributed by atoms with van der Waals surface area (Å²) >= 11 is 6.30. The van der Waals surface area contributed by atoms with Gasteiger partial charge in [-0.1, -0.05) is 43.1 Å². The molecule has 4 aliphatic rings. The zero-order valence-electron chi connectivity index (χ0n) is 29.0. The van der Waals surface area contributed by atoms with E-state index in [1.165, 1.54) is 18.0 Å². The number of hydrogen-bond donors (Lipinski definition) is 3. The van der Waals surface area contributed by atoms with Crippen LogP contribution in [-0.4, -0.2) is 104 Å². The monoisotopic (exact) mass is 734 g/mol. The van der Waals surface area contributed by atoms with Crippen LogP contribution in [0.4, 0.5) is 34.1 Å². The molecule has 3 saturated heterocycles. The van der Waals surface area contributed by atoms with E-state index in [9.17, 15) is 27.6 Å². The molecular weight excluding hydrogens is 689 g/mol. The summed E-state index contributed by atoms with van der Waals surface area (Å²) in [4.78, 5) is 45.7. The molecule has 1 spiro atoms. The number of ether oxygens (including phenoxy) is 2. The van der Waals surface area contributed by atoms with Crippen molar-refractivity contribution in [2.45, 2.75) is 69.4 Å². The van der Waals surface area contributed by atoms with Gasteiger partial charge in [0.25, 0.3) is 5.91 Å². The average molecular weight is 735 g/mol. The highest BCUT2D eigenvalue weighted by molar-refractivity contribution is 6.33. The number of benzene rings is 2. The maximum absolute atomic E-state index is 14.1. The van der Waals surface area contributed by atoms with Gasteiger partial charge in [-0.05, 0) is 49.1 Å². The third-order valence-corrected chi connectivity index (χ3v) is 11.1. The van der Waals surface area contributed by atoms with Crippen LogP contribution in [0.25, 0.3) is 0 Å².